The molecule has 2 unspecified atom stereocenters. The molecular formula is C36H40ClFN6O2. The molecule has 1 amide bonds. The van der Waals surface area contributed by atoms with Crippen LogP contribution in [0.1, 0.15) is 74.3 Å². The van der Waals surface area contributed by atoms with Crippen molar-refractivity contribution in [3.05, 3.63) is 64.1 Å². The van der Waals surface area contributed by atoms with E-state index in [9.17, 15) is 14.4 Å². The van der Waals surface area contributed by atoms with Gasteiger partial charge in [0.05, 0.1) is 29.8 Å². The van der Waals surface area contributed by atoms with Crippen molar-refractivity contribution in [3.8, 4) is 12.1 Å². The molecule has 4 heterocycles. The van der Waals surface area contributed by atoms with Crippen LogP contribution >= 0.6 is 11.6 Å². The van der Waals surface area contributed by atoms with Gasteiger partial charge in [0, 0.05) is 48.6 Å². The van der Waals surface area contributed by atoms with Crippen molar-refractivity contribution in [2.75, 3.05) is 44.2 Å². The predicted octanol–water partition coefficient (Wildman–Crippen LogP) is 5.78. The van der Waals surface area contributed by atoms with Crippen molar-refractivity contribution >= 4 is 28.9 Å². The zero-order valence-electron chi connectivity index (χ0n) is 26.5. The van der Waals surface area contributed by atoms with Gasteiger partial charge < -0.3 is 14.5 Å². The molecule has 0 N–H and O–H groups in total. The third-order valence-electron chi connectivity index (χ3n) is 11.8. The van der Waals surface area contributed by atoms with Gasteiger partial charge in [0.1, 0.15) is 12.4 Å². The lowest BCUT2D eigenvalue weighted by atomic mass is 9.70. The van der Waals surface area contributed by atoms with Gasteiger partial charge >= 0.3 is 6.01 Å². The fourth-order valence-corrected chi connectivity index (χ4v) is 9.82. The number of aromatic nitrogens is 2. The van der Waals surface area contributed by atoms with E-state index >= 15 is 0 Å². The molecule has 1 aromatic heterocycles. The van der Waals surface area contributed by atoms with E-state index in [1.165, 1.54) is 48.3 Å². The zero-order valence-corrected chi connectivity index (χ0v) is 27.2. The Morgan fingerprint density at radius 1 is 1.22 bits per heavy atom. The van der Waals surface area contributed by atoms with Crippen LogP contribution in [0.15, 0.2) is 36.7 Å². The van der Waals surface area contributed by atoms with Crippen LogP contribution in [0, 0.1) is 16.7 Å². The fourth-order valence-electron chi connectivity index (χ4n) is 9.49. The first-order valence-corrected chi connectivity index (χ1v) is 17.1. The number of hydrogen-bond donors (Lipinski definition) is 0. The Labute approximate surface area is 274 Å². The Bertz CT molecular complexity index is 1720. The topological polar surface area (TPSA) is 85.6 Å². The molecule has 1 aromatic carbocycles. The molecule has 3 saturated heterocycles. The summed E-state index contributed by atoms with van der Waals surface area (Å²) in [6.45, 7) is 9.35. The van der Waals surface area contributed by atoms with E-state index in [1.807, 2.05) is 12.1 Å². The summed E-state index contributed by atoms with van der Waals surface area (Å²) in [5.74, 6) is -0.946. The Hall–Kier alpha value is -3.48. The van der Waals surface area contributed by atoms with Crippen LogP contribution in [0.25, 0.3) is 5.57 Å². The highest BCUT2D eigenvalue weighted by molar-refractivity contribution is 6.32. The summed E-state index contributed by atoms with van der Waals surface area (Å²) in [5, 5.41) is 10.4. The Morgan fingerprint density at radius 2 is 2.07 bits per heavy atom. The number of benzene rings is 1. The van der Waals surface area contributed by atoms with Gasteiger partial charge in [0.2, 0.25) is 0 Å². The molecule has 4 fully saturated rings. The largest absolute Gasteiger partial charge is 0.461 e. The Balaban J connectivity index is 1.15. The third kappa shape index (κ3) is 4.74. The second-order valence-electron chi connectivity index (χ2n) is 14.7. The lowest BCUT2D eigenvalue weighted by Crippen LogP contribution is -2.55. The molecule has 2 spiro atoms. The molecule has 3 atom stereocenters. The van der Waals surface area contributed by atoms with Crippen molar-refractivity contribution in [3.63, 3.8) is 0 Å². The van der Waals surface area contributed by atoms with Crippen LogP contribution in [0.2, 0.25) is 5.02 Å². The van der Waals surface area contributed by atoms with E-state index in [4.69, 9.17) is 26.3 Å². The second kappa shape index (κ2) is 10.8. The molecule has 0 radical (unpaired) electrons. The lowest BCUT2D eigenvalue weighted by Gasteiger charge is -2.42. The van der Waals surface area contributed by atoms with Gasteiger partial charge in [-0.15, -0.1) is 0 Å². The van der Waals surface area contributed by atoms with Crippen molar-refractivity contribution in [1.29, 1.82) is 5.26 Å². The number of halogens is 2. The molecule has 240 valence electrons. The highest BCUT2D eigenvalue weighted by Crippen LogP contribution is 2.60. The van der Waals surface area contributed by atoms with Gasteiger partial charge in [0.25, 0.3) is 5.91 Å². The highest BCUT2D eigenvalue weighted by Gasteiger charge is 2.60. The summed E-state index contributed by atoms with van der Waals surface area (Å²) in [6, 6.07) is 8.30. The van der Waals surface area contributed by atoms with E-state index < -0.39 is 17.8 Å². The highest BCUT2D eigenvalue weighted by atomic mass is 35.5. The van der Waals surface area contributed by atoms with Crippen LogP contribution in [0.5, 0.6) is 6.01 Å². The second-order valence-corrected chi connectivity index (χ2v) is 15.1. The number of amides is 1. The maximum absolute atomic E-state index is 13.9. The predicted molar refractivity (Wildman–Crippen MR) is 174 cm³/mol. The number of nitriles is 1. The maximum Gasteiger partial charge on any atom is 0.318 e. The van der Waals surface area contributed by atoms with Gasteiger partial charge in [-0.1, -0.05) is 36.4 Å². The summed E-state index contributed by atoms with van der Waals surface area (Å²) < 4.78 is 20.5. The van der Waals surface area contributed by atoms with Gasteiger partial charge in [-0.05, 0) is 86.6 Å². The molecule has 8 nitrogen and oxygen atoms in total. The summed E-state index contributed by atoms with van der Waals surface area (Å²) >= 11 is 6.71. The van der Waals surface area contributed by atoms with Crippen molar-refractivity contribution < 1.29 is 13.9 Å². The Kier molecular flexibility index (Phi) is 7.01. The number of ether oxygens (including phenoxy) is 1. The van der Waals surface area contributed by atoms with Gasteiger partial charge in [-0.25, -0.2) is 4.39 Å². The summed E-state index contributed by atoms with van der Waals surface area (Å²) in [7, 11) is 0. The van der Waals surface area contributed by atoms with Crippen LogP contribution in [-0.2, 0) is 23.1 Å². The molecular weight excluding hydrogens is 603 g/mol. The first kappa shape index (κ1) is 29.9. The SMILES string of the molecule is C=C(F)C(=O)N1CCN(c2nc(OCC34CCCN3CC3(CC3)C4)nc3c2CCC2(C=C(C)c4c(Cl)cccc42)C3)C[C@@H]1CC#N. The minimum absolute atomic E-state index is 0.0524. The summed E-state index contributed by atoms with van der Waals surface area (Å²) in [5.41, 5.74) is 5.96. The molecule has 8 rings (SSSR count). The first-order chi connectivity index (χ1) is 22.1. The smallest absolute Gasteiger partial charge is 0.318 e. The van der Waals surface area contributed by atoms with E-state index in [0.29, 0.717) is 37.5 Å². The van der Waals surface area contributed by atoms with Gasteiger partial charge in [0.15, 0.2) is 5.83 Å². The van der Waals surface area contributed by atoms with Crippen LogP contribution in [0.3, 0.4) is 0 Å². The van der Waals surface area contributed by atoms with E-state index in [2.05, 4.69) is 41.5 Å². The van der Waals surface area contributed by atoms with Crippen LogP contribution < -0.4 is 9.64 Å². The quantitative estimate of drug-likeness (QED) is 0.369. The van der Waals surface area contributed by atoms with Crippen molar-refractivity contribution in [1.82, 2.24) is 19.8 Å². The molecule has 3 aliphatic heterocycles. The molecule has 46 heavy (non-hydrogen) atoms. The minimum atomic E-state index is -1.00. The van der Waals surface area contributed by atoms with E-state index in [0.717, 1.165) is 53.5 Å². The number of allylic oxidation sites excluding steroid dienone is 2. The standard InChI is InChI=1S/C36H40ClFN6O2/c1-23-17-35(27-5-3-6-28(37)30(23)27)10-7-26-29(18-35)40-33(46-22-36-9-4-14-43(36)21-34(20-36)11-12-34)41-31(26)42-15-16-44(32(45)24(2)38)25(19-42)8-13-39/h3,5-6,17,25H,2,4,7-12,14-16,18-22H2,1H3/t25-,35?,36?/m0/s1. The van der Waals surface area contributed by atoms with E-state index in [1.54, 1.807) is 0 Å². The van der Waals surface area contributed by atoms with Crippen molar-refractivity contribution in [2.24, 2.45) is 5.41 Å². The number of hydrogen-bond acceptors (Lipinski definition) is 7. The zero-order chi connectivity index (χ0) is 31.8. The average molecular weight is 643 g/mol. The monoisotopic (exact) mass is 642 g/mol. The number of nitrogens with zero attached hydrogens (tertiary/aromatic N) is 6. The van der Waals surface area contributed by atoms with Crippen LogP contribution in [0.4, 0.5) is 10.2 Å². The first-order valence-electron chi connectivity index (χ1n) is 16.7. The molecule has 0 bridgehead atoms. The number of anilines is 1. The minimum Gasteiger partial charge on any atom is -0.461 e. The maximum atomic E-state index is 13.9. The summed E-state index contributed by atoms with van der Waals surface area (Å²) in [4.78, 5) is 29.1. The van der Waals surface area contributed by atoms with Gasteiger partial charge in [-0.3, -0.25) is 9.69 Å². The lowest BCUT2D eigenvalue weighted by molar-refractivity contribution is -0.131. The number of carbonyl (C=O) groups is 1. The summed E-state index contributed by atoms with van der Waals surface area (Å²) in [6.07, 6.45) is 11.0. The number of rotatable bonds is 6. The van der Waals surface area contributed by atoms with E-state index in [-0.39, 0.29) is 23.9 Å². The number of fused-ring (bicyclic) bond motifs is 4. The van der Waals surface area contributed by atoms with Crippen LogP contribution in [-0.4, -0.2) is 76.6 Å². The number of carbonyl (C=O) groups excluding carboxylic acids is 1. The molecule has 1 saturated carbocycles. The average Bonchev–Trinajstić information content (AvgIpc) is 3.45. The molecule has 10 heteroatoms. The number of piperazine rings is 1. The Morgan fingerprint density at radius 3 is 2.85 bits per heavy atom. The third-order valence-corrected chi connectivity index (χ3v) is 12.1. The van der Waals surface area contributed by atoms with Crippen molar-refractivity contribution in [2.45, 2.75) is 81.7 Å². The normalized spacial score (nSPS) is 28.9. The molecule has 2 aromatic rings. The molecule has 6 aliphatic rings. The fraction of sp³-hybridized carbons (Fsp3) is 0.556. The molecule has 3 aliphatic carbocycles. The van der Waals surface area contributed by atoms with Gasteiger partial charge in [-0.2, -0.15) is 15.2 Å².